The van der Waals surface area contributed by atoms with E-state index in [9.17, 15) is 19.6 Å². The second-order valence-electron chi connectivity index (χ2n) is 4.48. The molecule has 0 radical (unpaired) electrons. The summed E-state index contributed by atoms with van der Waals surface area (Å²) in [5.74, 6) is -0.145. The van der Waals surface area contributed by atoms with Gasteiger partial charge >= 0.3 is 5.69 Å². The van der Waals surface area contributed by atoms with E-state index in [2.05, 4.69) is 15.2 Å². The van der Waals surface area contributed by atoms with Gasteiger partial charge in [0.05, 0.1) is 4.92 Å². The number of halogens is 1. The van der Waals surface area contributed by atoms with Crippen molar-refractivity contribution in [3.8, 4) is 28.5 Å². The molecular weight excluding hydrogens is 291 g/mol. The number of aromatic amines is 1. The Hall–Kier alpha value is -3.29. The topological polar surface area (TPSA) is 105 Å². The fourth-order valence-electron chi connectivity index (χ4n) is 1.94. The minimum absolute atomic E-state index is 0.238. The zero-order valence-corrected chi connectivity index (χ0v) is 11.0. The summed E-state index contributed by atoms with van der Waals surface area (Å²) >= 11 is 0. The van der Waals surface area contributed by atoms with Crippen LogP contribution in [0.3, 0.4) is 0 Å². The molecule has 1 aromatic heterocycles. The summed E-state index contributed by atoms with van der Waals surface area (Å²) in [7, 11) is 0. The quantitative estimate of drug-likeness (QED) is 0.571. The first-order chi connectivity index (χ1) is 10.5. The van der Waals surface area contributed by atoms with Gasteiger partial charge in [0.25, 0.3) is 0 Å². The number of aromatic hydroxyl groups is 1. The summed E-state index contributed by atoms with van der Waals surface area (Å²) in [5.41, 5.74) is 0.591. The van der Waals surface area contributed by atoms with Crippen LogP contribution in [-0.4, -0.2) is 25.2 Å². The number of hydrogen-bond donors (Lipinski definition) is 2. The Morgan fingerprint density at radius 3 is 2.50 bits per heavy atom. The van der Waals surface area contributed by atoms with Crippen molar-refractivity contribution < 1.29 is 14.4 Å². The molecule has 0 aliphatic rings. The zero-order chi connectivity index (χ0) is 15.7. The lowest BCUT2D eigenvalue weighted by molar-refractivity contribution is -0.385. The van der Waals surface area contributed by atoms with Crippen molar-refractivity contribution in [3.05, 3.63) is 58.4 Å². The first kappa shape index (κ1) is 13.7. The number of H-pyrrole nitrogens is 1. The second kappa shape index (κ2) is 5.24. The molecule has 0 saturated heterocycles. The van der Waals surface area contributed by atoms with Crippen LogP contribution in [-0.2, 0) is 0 Å². The van der Waals surface area contributed by atoms with E-state index in [-0.39, 0.29) is 11.6 Å². The number of hydrogen-bond acceptors (Lipinski definition) is 5. The van der Waals surface area contributed by atoms with E-state index < -0.39 is 16.4 Å². The monoisotopic (exact) mass is 300 g/mol. The van der Waals surface area contributed by atoms with E-state index in [1.807, 2.05) is 0 Å². The first-order valence-electron chi connectivity index (χ1n) is 6.21. The van der Waals surface area contributed by atoms with Crippen molar-refractivity contribution in [3.63, 3.8) is 0 Å². The van der Waals surface area contributed by atoms with Crippen LogP contribution in [0, 0.1) is 15.9 Å². The molecule has 1 heterocycles. The SMILES string of the molecule is O=[N+]([O-])c1cc(-c2n[nH]c(-c3ccc(F)cc3)n2)ccc1O. The van der Waals surface area contributed by atoms with Gasteiger partial charge in [-0.15, -0.1) is 0 Å². The van der Waals surface area contributed by atoms with Crippen LogP contribution in [0.1, 0.15) is 0 Å². The van der Waals surface area contributed by atoms with E-state index in [4.69, 9.17) is 0 Å². The Bertz CT molecular complexity index is 846. The van der Waals surface area contributed by atoms with Crippen LogP contribution in [0.15, 0.2) is 42.5 Å². The van der Waals surface area contributed by atoms with Crippen LogP contribution in [0.4, 0.5) is 10.1 Å². The molecule has 0 fully saturated rings. The van der Waals surface area contributed by atoms with Gasteiger partial charge < -0.3 is 5.11 Å². The molecular formula is C14H9FN4O3. The van der Waals surface area contributed by atoms with Crippen molar-refractivity contribution in [1.29, 1.82) is 0 Å². The third-order valence-electron chi connectivity index (χ3n) is 3.03. The molecule has 22 heavy (non-hydrogen) atoms. The van der Waals surface area contributed by atoms with Gasteiger partial charge in [-0.05, 0) is 36.4 Å². The third-order valence-corrected chi connectivity index (χ3v) is 3.03. The van der Waals surface area contributed by atoms with E-state index in [1.165, 1.54) is 30.3 Å². The number of phenols is 1. The van der Waals surface area contributed by atoms with E-state index in [0.29, 0.717) is 17.0 Å². The predicted octanol–water partition coefficient (Wildman–Crippen LogP) is 2.89. The van der Waals surface area contributed by atoms with Crippen molar-refractivity contribution >= 4 is 5.69 Å². The Morgan fingerprint density at radius 1 is 1.14 bits per heavy atom. The normalized spacial score (nSPS) is 10.6. The van der Waals surface area contributed by atoms with Gasteiger partial charge in [-0.25, -0.2) is 9.37 Å². The fourth-order valence-corrected chi connectivity index (χ4v) is 1.94. The predicted molar refractivity (Wildman–Crippen MR) is 75.5 cm³/mol. The number of aromatic nitrogens is 3. The number of nitrogens with one attached hydrogen (secondary N) is 1. The lowest BCUT2D eigenvalue weighted by Crippen LogP contribution is -1.90. The summed E-state index contributed by atoms with van der Waals surface area (Å²) < 4.78 is 12.9. The van der Waals surface area contributed by atoms with Crippen LogP contribution in [0.25, 0.3) is 22.8 Å². The maximum absolute atomic E-state index is 12.9. The minimum Gasteiger partial charge on any atom is -0.502 e. The molecule has 0 atom stereocenters. The lowest BCUT2D eigenvalue weighted by Gasteiger charge is -1.98. The molecule has 3 rings (SSSR count). The molecule has 0 spiro atoms. The largest absolute Gasteiger partial charge is 0.502 e. The summed E-state index contributed by atoms with van der Waals surface area (Å²) in [6.45, 7) is 0. The number of benzene rings is 2. The average Bonchev–Trinajstić information content (AvgIpc) is 2.98. The smallest absolute Gasteiger partial charge is 0.311 e. The number of rotatable bonds is 3. The van der Waals surface area contributed by atoms with Crippen molar-refractivity contribution in [1.82, 2.24) is 15.2 Å². The molecule has 0 aliphatic heterocycles. The van der Waals surface area contributed by atoms with Gasteiger partial charge in [-0.2, -0.15) is 5.10 Å². The van der Waals surface area contributed by atoms with Gasteiger partial charge in [0, 0.05) is 17.2 Å². The van der Waals surface area contributed by atoms with Gasteiger partial charge in [0.15, 0.2) is 17.4 Å². The van der Waals surface area contributed by atoms with E-state index in [1.54, 1.807) is 12.1 Å². The molecule has 0 aliphatic carbocycles. The Balaban J connectivity index is 1.99. The first-order valence-corrected chi connectivity index (χ1v) is 6.21. The highest BCUT2D eigenvalue weighted by Gasteiger charge is 2.16. The van der Waals surface area contributed by atoms with Crippen LogP contribution >= 0.6 is 0 Å². The molecule has 110 valence electrons. The number of nitro benzene ring substituents is 1. The summed E-state index contributed by atoms with van der Waals surface area (Å²) in [6.07, 6.45) is 0. The molecule has 0 amide bonds. The summed E-state index contributed by atoms with van der Waals surface area (Å²) in [4.78, 5) is 14.4. The van der Waals surface area contributed by atoms with Crippen molar-refractivity contribution in [2.75, 3.05) is 0 Å². The number of nitrogens with zero attached hydrogens (tertiary/aromatic N) is 3. The minimum atomic E-state index is -0.688. The summed E-state index contributed by atoms with van der Waals surface area (Å²) in [5, 5.41) is 26.9. The van der Waals surface area contributed by atoms with Crippen molar-refractivity contribution in [2.24, 2.45) is 0 Å². The van der Waals surface area contributed by atoms with Gasteiger partial charge in [0.2, 0.25) is 0 Å². The standard InChI is InChI=1S/C14H9FN4O3/c15-10-4-1-8(2-5-10)13-16-14(18-17-13)9-3-6-12(20)11(7-9)19(21)22/h1-7,20H,(H,16,17,18). The molecule has 0 bridgehead atoms. The highest BCUT2D eigenvalue weighted by molar-refractivity contribution is 5.65. The molecule has 0 saturated carbocycles. The van der Waals surface area contributed by atoms with Gasteiger partial charge in [0.1, 0.15) is 5.82 Å². The molecule has 7 nitrogen and oxygen atoms in total. The van der Waals surface area contributed by atoms with E-state index >= 15 is 0 Å². The molecule has 0 unspecified atom stereocenters. The number of phenolic OH excluding ortho intramolecular Hbond substituents is 1. The van der Waals surface area contributed by atoms with Crippen LogP contribution in [0.2, 0.25) is 0 Å². The average molecular weight is 300 g/mol. The third kappa shape index (κ3) is 2.49. The van der Waals surface area contributed by atoms with Crippen molar-refractivity contribution in [2.45, 2.75) is 0 Å². The zero-order valence-electron chi connectivity index (χ0n) is 11.0. The Kier molecular flexibility index (Phi) is 3.26. The molecule has 8 heteroatoms. The maximum atomic E-state index is 12.9. The Labute approximate surface area is 123 Å². The maximum Gasteiger partial charge on any atom is 0.311 e. The fraction of sp³-hybridized carbons (Fsp3) is 0. The lowest BCUT2D eigenvalue weighted by atomic mass is 10.1. The highest BCUT2D eigenvalue weighted by Crippen LogP contribution is 2.30. The van der Waals surface area contributed by atoms with Crippen LogP contribution in [0.5, 0.6) is 5.75 Å². The van der Waals surface area contributed by atoms with Crippen LogP contribution < -0.4 is 0 Å². The van der Waals surface area contributed by atoms with Gasteiger partial charge in [-0.3, -0.25) is 15.2 Å². The molecule has 2 aromatic carbocycles. The highest BCUT2D eigenvalue weighted by atomic mass is 19.1. The molecule has 2 N–H and O–H groups in total. The summed E-state index contributed by atoms with van der Waals surface area (Å²) in [6, 6.07) is 9.54. The number of nitro groups is 1. The molecule has 3 aromatic rings. The van der Waals surface area contributed by atoms with Gasteiger partial charge in [-0.1, -0.05) is 0 Å². The van der Waals surface area contributed by atoms with E-state index in [0.717, 1.165) is 0 Å². The second-order valence-corrected chi connectivity index (χ2v) is 4.48. The Morgan fingerprint density at radius 2 is 1.82 bits per heavy atom.